The monoisotopic (exact) mass is 223 g/mol. The summed E-state index contributed by atoms with van der Waals surface area (Å²) < 4.78 is 0. The van der Waals surface area contributed by atoms with Crippen LogP contribution >= 0.6 is 0 Å². The summed E-state index contributed by atoms with van der Waals surface area (Å²) in [6.45, 7) is 3.91. The van der Waals surface area contributed by atoms with Crippen molar-refractivity contribution in [1.82, 2.24) is 0 Å². The van der Waals surface area contributed by atoms with Crippen LogP contribution in [0.1, 0.15) is 38.7 Å². The minimum atomic E-state index is -0.245. The molecule has 0 fully saturated rings. The third-order valence-corrected chi connectivity index (χ3v) is 2.10. The van der Waals surface area contributed by atoms with E-state index in [0.717, 1.165) is 6.42 Å². The molecule has 1 amide bonds. The minimum absolute atomic E-state index is 0.245. The van der Waals surface area contributed by atoms with Gasteiger partial charge in [-0.15, -0.1) is 0 Å². The van der Waals surface area contributed by atoms with Crippen LogP contribution in [0.15, 0.2) is 24.3 Å². The van der Waals surface area contributed by atoms with Gasteiger partial charge >= 0.3 is 0 Å². The molecule has 0 saturated heterocycles. The van der Waals surface area contributed by atoms with Gasteiger partial charge in [0, 0.05) is 6.42 Å². The van der Waals surface area contributed by atoms with E-state index in [-0.39, 0.29) is 5.91 Å². The van der Waals surface area contributed by atoms with Crippen LogP contribution < -0.4 is 5.73 Å². The van der Waals surface area contributed by atoms with E-state index in [2.05, 4.69) is 12.7 Å². The molecule has 1 aromatic rings. The Hall–Kier alpha value is -1.51. The first kappa shape index (κ1) is 14.5. The molecule has 3 nitrogen and oxygen atoms in total. The van der Waals surface area contributed by atoms with Crippen molar-refractivity contribution < 1.29 is 9.90 Å². The highest BCUT2D eigenvalue weighted by molar-refractivity contribution is 5.73. The van der Waals surface area contributed by atoms with Crippen molar-refractivity contribution in [2.24, 2.45) is 5.73 Å². The highest BCUT2D eigenvalue weighted by Crippen LogP contribution is 2.11. The lowest BCUT2D eigenvalue weighted by Gasteiger charge is -1.98. The Bertz CT molecular complexity index is 293. The zero-order valence-corrected chi connectivity index (χ0v) is 10.1. The van der Waals surface area contributed by atoms with Gasteiger partial charge in [-0.05, 0) is 30.5 Å². The average molecular weight is 223 g/mol. The molecular formula is C13H21NO2. The maximum atomic E-state index is 9.59. The second-order valence-corrected chi connectivity index (χ2v) is 3.59. The molecule has 0 aliphatic carbocycles. The maximum absolute atomic E-state index is 9.59. The van der Waals surface area contributed by atoms with E-state index in [1.54, 1.807) is 19.1 Å². The number of phenols is 1. The topological polar surface area (TPSA) is 63.3 Å². The molecule has 1 rings (SSSR count). The Morgan fingerprint density at radius 2 is 1.75 bits per heavy atom. The van der Waals surface area contributed by atoms with Gasteiger partial charge in [0.15, 0.2) is 0 Å². The molecule has 90 valence electrons. The summed E-state index contributed by atoms with van der Waals surface area (Å²) in [6.07, 6.45) is 4.02. The molecule has 16 heavy (non-hydrogen) atoms. The van der Waals surface area contributed by atoms with Crippen molar-refractivity contribution in [1.29, 1.82) is 0 Å². The van der Waals surface area contributed by atoms with Gasteiger partial charge in [-0.1, -0.05) is 32.4 Å². The Labute approximate surface area is 97.3 Å². The predicted molar refractivity (Wildman–Crippen MR) is 66.2 cm³/mol. The van der Waals surface area contributed by atoms with Crippen molar-refractivity contribution in [3.8, 4) is 5.75 Å². The van der Waals surface area contributed by atoms with Crippen molar-refractivity contribution in [2.75, 3.05) is 0 Å². The number of amides is 1. The number of aromatic hydroxyl groups is 1. The van der Waals surface area contributed by atoms with Gasteiger partial charge in [-0.2, -0.15) is 0 Å². The number of carbonyl (C=O) groups is 1. The van der Waals surface area contributed by atoms with Crippen LogP contribution in [0.5, 0.6) is 5.75 Å². The molecule has 3 N–H and O–H groups in total. The Morgan fingerprint density at radius 1 is 1.25 bits per heavy atom. The fourth-order valence-electron chi connectivity index (χ4n) is 1.04. The zero-order valence-electron chi connectivity index (χ0n) is 10.1. The van der Waals surface area contributed by atoms with Gasteiger partial charge in [-0.25, -0.2) is 0 Å². The molecule has 3 heteroatoms. The molecule has 0 heterocycles. The first-order valence-corrected chi connectivity index (χ1v) is 5.66. The normalized spacial score (nSPS) is 9.12. The van der Waals surface area contributed by atoms with Crippen molar-refractivity contribution in [3.63, 3.8) is 0 Å². The lowest BCUT2D eigenvalue weighted by atomic mass is 10.1. The van der Waals surface area contributed by atoms with Crippen molar-refractivity contribution in [3.05, 3.63) is 29.8 Å². The number of primary amides is 1. The summed E-state index contributed by atoms with van der Waals surface area (Å²) in [5.74, 6) is 0.107. The molecule has 0 aromatic heterocycles. The molecule has 0 bridgehead atoms. The number of aryl methyl sites for hydroxylation is 1. The highest BCUT2D eigenvalue weighted by atomic mass is 16.3. The van der Waals surface area contributed by atoms with E-state index in [0.29, 0.717) is 12.2 Å². The summed E-state index contributed by atoms with van der Waals surface area (Å²) in [4.78, 5) is 9.59. The molecule has 1 aromatic carbocycles. The maximum Gasteiger partial charge on any atom is 0.217 e. The van der Waals surface area contributed by atoms with Gasteiger partial charge < -0.3 is 10.8 Å². The summed E-state index contributed by atoms with van der Waals surface area (Å²) in [5.41, 5.74) is 5.96. The van der Waals surface area contributed by atoms with E-state index >= 15 is 0 Å². The molecule has 0 atom stereocenters. The second-order valence-electron chi connectivity index (χ2n) is 3.59. The van der Waals surface area contributed by atoms with E-state index in [9.17, 15) is 4.79 Å². The lowest BCUT2D eigenvalue weighted by Crippen LogP contribution is -2.06. The standard InChI is InChI=1S/C10H14O.C3H7NO/c1-2-3-4-9-5-7-10(11)8-6-9;1-2-3(4)5/h5-8,11H,2-4H2,1H3;2H2,1H3,(H2,4,5). The number of phenolic OH excluding ortho intramolecular Hbond substituents is 1. The van der Waals surface area contributed by atoms with Gasteiger partial charge in [0.1, 0.15) is 5.75 Å². The van der Waals surface area contributed by atoms with Gasteiger partial charge in [0.05, 0.1) is 0 Å². The smallest absolute Gasteiger partial charge is 0.217 e. The third kappa shape index (κ3) is 7.85. The van der Waals surface area contributed by atoms with Crippen LogP contribution in [-0.2, 0) is 11.2 Å². The fourth-order valence-corrected chi connectivity index (χ4v) is 1.04. The molecule has 0 aliphatic rings. The number of hydrogen-bond acceptors (Lipinski definition) is 2. The summed E-state index contributed by atoms with van der Waals surface area (Å²) in [7, 11) is 0. The fraction of sp³-hybridized carbons (Fsp3) is 0.462. The quantitative estimate of drug-likeness (QED) is 0.824. The van der Waals surface area contributed by atoms with Gasteiger partial charge in [0.25, 0.3) is 0 Å². The van der Waals surface area contributed by atoms with Crippen LogP contribution in [0.3, 0.4) is 0 Å². The predicted octanol–water partition coefficient (Wildman–Crippen LogP) is 2.62. The molecular weight excluding hydrogens is 202 g/mol. The largest absolute Gasteiger partial charge is 0.508 e. The zero-order chi connectivity index (χ0) is 12.4. The minimum Gasteiger partial charge on any atom is -0.508 e. The third-order valence-electron chi connectivity index (χ3n) is 2.10. The second kappa shape index (κ2) is 8.77. The van der Waals surface area contributed by atoms with Gasteiger partial charge in [0.2, 0.25) is 5.91 Å². The Kier molecular flexibility index (Phi) is 7.94. The Morgan fingerprint density at radius 3 is 2.12 bits per heavy atom. The number of nitrogens with two attached hydrogens (primary N) is 1. The van der Waals surface area contributed by atoms with Gasteiger partial charge in [-0.3, -0.25) is 4.79 Å². The number of hydrogen-bond donors (Lipinski definition) is 2. The average Bonchev–Trinajstić information content (AvgIpc) is 2.29. The molecule has 0 aliphatic heterocycles. The number of benzene rings is 1. The van der Waals surface area contributed by atoms with E-state index in [1.807, 2.05) is 12.1 Å². The van der Waals surface area contributed by atoms with E-state index < -0.39 is 0 Å². The summed E-state index contributed by atoms with van der Waals surface area (Å²) in [6, 6.07) is 7.44. The number of unbranched alkanes of at least 4 members (excludes halogenated alkanes) is 1. The molecule has 0 spiro atoms. The van der Waals surface area contributed by atoms with Crippen LogP contribution in [-0.4, -0.2) is 11.0 Å². The summed E-state index contributed by atoms with van der Waals surface area (Å²) in [5, 5.41) is 8.98. The van der Waals surface area contributed by atoms with E-state index in [1.165, 1.54) is 18.4 Å². The number of rotatable bonds is 4. The van der Waals surface area contributed by atoms with Crippen LogP contribution in [0, 0.1) is 0 Å². The van der Waals surface area contributed by atoms with Crippen molar-refractivity contribution >= 4 is 5.91 Å². The first-order valence-electron chi connectivity index (χ1n) is 5.66. The summed E-state index contributed by atoms with van der Waals surface area (Å²) >= 11 is 0. The molecule has 0 saturated carbocycles. The first-order chi connectivity index (χ1) is 7.60. The van der Waals surface area contributed by atoms with Crippen LogP contribution in [0.2, 0.25) is 0 Å². The SMILES string of the molecule is CCC(N)=O.CCCCc1ccc(O)cc1. The molecule has 0 radical (unpaired) electrons. The lowest BCUT2D eigenvalue weighted by molar-refractivity contribution is -0.117. The highest BCUT2D eigenvalue weighted by Gasteiger charge is 1.91. The van der Waals surface area contributed by atoms with Crippen molar-refractivity contribution in [2.45, 2.75) is 39.5 Å². The molecule has 0 unspecified atom stereocenters. The van der Waals surface area contributed by atoms with E-state index in [4.69, 9.17) is 5.11 Å². The van der Waals surface area contributed by atoms with Crippen LogP contribution in [0.4, 0.5) is 0 Å². The number of carbonyl (C=O) groups excluding carboxylic acids is 1. The Balaban J connectivity index is 0.000000385. The van der Waals surface area contributed by atoms with Crippen LogP contribution in [0.25, 0.3) is 0 Å².